The lowest BCUT2D eigenvalue weighted by atomic mass is 9.69. The molecule has 0 fully saturated rings. The van der Waals surface area contributed by atoms with E-state index in [2.05, 4.69) is 11.5 Å². The number of methoxy groups -OCH3 is 2. The van der Waals surface area contributed by atoms with E-state index in [9.17, 15) is 14.9 Å². The molecule has 0 bridgehead atoms. The van der Waals surface area contributed by atoms with Crippen LogP contribution in [0.25, 0.3) is 0 Å². The number of benzene rings is 2. The summed E-state index contributed by atoms with van der Waals surface area (Å²) < 4.78 is 10.9. The summed E-state index contributed by atoms with van der Waals surface area (Å²) in [6.07, 6.45) is 0.789. The summed E-state index contributed by atoms with van der Waals surface area (Å²) >= 11 is 0. The number of nitrogens with two attached hydrogens (primary N) is 1. The molecule has 4 rings (SSSR count). The first-order valence-corrected chi connectivity index (χ1v) is 11.2. The molecule has 0 radical (unpaired) electrons. The standard InChI is InChI=1S/C27H28N4O4/c1-27(2)13-20-24(21(32)14-27)23(18-11-10-17(34-3)12-22(18)35-4)19(15-28)25(29)31(20)30-26(33)16-8-6-5-7-9-16/h5-12,23H,13-14,29H2,1-4H3,(H,30,33). The van der Waals surface area contributed by atoms with Crippen molar-refractivity contribution in [1.29, 1.82) is 5.26 Å². The summed E-state index contributed by atoms with van der Waals surface area (Å²) in [4.78, 5) is 26.6. The van der Waals surface area contributed by atoms with Crippen LogP contribution in [0.4, 0.5) is 0 Å². The number of Topliss-reactive ketones (excluding diaryl/α,β-unsaturated/α-hetero) is 1. The third kappa shape index (κ3) is 4.33. The van der Waals surface area contributed by atoms with Crippen LogP contribution >= 0.6 is 0 Å². The molecule has 1 atom stereocenters. The highest BCUT2D eigenvalue weighted by atomic mass is 16.5. The van der Waals surface area contributed by atoms with Gasteiger partial charge < -0.3 is 15.2 Å². The molecule has 35 heavy (non-hydrogen) atoms. The molecule has 1 aliphatic heterocycles. The second-order valence-corrected chi connectivity index (χ2v) is 9.40. The average Bonchev–Trinajstić information content (AvgIpc) is 2.84. The average molecular weight is 473 g/mol. The predicted molar refractivity (Wildman–Crippen MR) is 130 cm³/mol. The monoisotopic (exact) mass is 472 g/mol. The third-order valence-electron chi connectivity index (χ3n) is 6.38. The van der Waals surface area contributed by atoms with E-state index in [0.717, 1.165) is 0 Å². The summed E-state index contributed by atoms with van der Waals surface area (Å²) in [6.45, 7) is 3.99. The van der Waals surface area contributed by atoms with Gasteiger partial charge in [-0.1, -0.05) is 38.1 Å². The summed E-state index contributed by atoms with van der Waals surface area (Å²) in [7, 11) is 3.07. The van der Waals surface area contributed by atoms with Gasteiger partial charge in [-0.3, -0.25) is 15.0 Å². The Hall–Kier alpha value is -4.25. The number of amides is 1. The fourth-order valence-electron chi connectivity index (χ4n) is 4.76. The molecule has 1 unspecified atom stereocenters. The highest BCUT2D eigenvalue weighted by Crippen LogP contribution is 2.50. The van der Waals surface area contributed by atoms with Crippen molar-refractivity contribution in [3.8, 4) is 17.6 Å². The van der Waals surface area contributed by atoms with Crippen LogP contribution in [0.2, 0.25) is 0 Å². The van der Waals surface area contributed by atoms with Gasteiger partial charge in [0.2, 0.25) is 0 Å². The van der Waals surface area contributed by atoms with Crippen molar-refractivity contribution < 1.29 is 19.1 Å². The van der Waals surface area contributed by atoms with E-state index in [1.165, 1.54) is 12.1 Å². The van der Waals surface area contributed by atoms with Crippen molar-refractivity contribution >= 4 is 11.7 Å². The number of hydrogen-bond acceptors (Lipinski definition) is 7. The Morgan fingerprint density at radius 1 is 1.14 bits per heavy atom. The Balaban J connectivity index is 1.90. The van der Waals surface area contributed by atoms with Gasteiger partial charge in [-0.2, -0.15) is 5.26 Å². The molecule has 2 aromatic rings. The fourth-order valence-corrected chi connectivity index (χ4v) is 4.76. The topological polar surface area (TPSA) is 118 Å². The van der Waals surface area contributed by atoms with Gasteiger partial charge >= 0.3 is 0 Å². The molecule has 180 valence electrons. The second-order valence-electron chi connectivity index (χ2n) is 9.40. The molecule has 8 heteroatoms. The lowest BCUT2D eigenvalue weighted by molar-refractivity contribution is -0.118. The number of hydrazine groups is 1. The number of allylic oxidation sites excluding steroid dienone is 3. The highest BCUT2D eigenvalue weighted by Gasteiger charge is 2.45. The molecule has 0 aromatic heterocycles. The first-order chi connectivity index (χ1) is 16.7. The molecule has 0 saturated carbocycles. The normalized spacial score (nSPS) is 19.1. The molecule has 3 N–H and O–H groups in total. The number of carbonyl (C=O) groups is 2. The van der Waals surface area contributed by atoms with Crippen LogP contribution in [0, 0.1) is 16.7 Å². The maximum absolute atomic E-state index is 13.6. The molecule has 1 amide bonds. The molecular formula is C27H28N4O4. The minimum Gasteiger partial charge on any atom is -0.497 e. The van der Waals surface area contributed by atoms with Gasteiger partial charge in [-0.15, -0.1) is 0 Å². The molecule has 1 aliphatic carbocycles. The van der Waals surface area contributed by atoms with E-state index in [1.807, 2.05) is 19.9 Å². The number of hydrogen-bond donors (Lipinski definition) is 2. The summed E-state index contributed by atoms with van der Waals surface area (Å²) in [5.74, 6) is -0.0966. The smallest absolute Gasteiger partial charge is 0.270 e. The van der Waals surface area contributed by atoms with E-state index in [-0.39, 0.29) is 22.6 Å². The maximum Gasteiger partial charge on any atom is 0.270 e. The molecular weight excluding hydrogens is 444 g/mol. The number of carbonyl (C=O) groups excluding carboxylic acids is 2. The van der Waals surface area contributed by atoms with Crippen LogP contribution in [0.15, 0.2) is 71.2 Å². The van der Waals surface area contributed by atoms with Crippen LogP contribution in [0.5, 0.6) is 11.5 Å². The van der Waals surface area contributed by atoms with Gasteiger partial charge in [0.05, 0.1) is 37.5 Å². The Morgan fingerprint density at radius 2 is 1.86 bits per heavy atom. The fraction of sp³-hybridized carbons (Fsp3) is 0.296. The van der Waals surface area contributed by atoms with Gasteiger partial charge in [-0.25, -0.2) is 5.01 Å². The SMILES string of the molecule is COc1ccc(C2C(C#N)=C(N)N(NC(=O)c3ccccc3)C3=C2C(=O)CC(C)(C)C3)c(OC)c1. The molecule has 1 heterocycles. The quantitative estimate of drug-likeness (QED) is 0.680. The maximum atomic E-state index is 13.6. The Morgan fingerprint density at radius 3 is 2.49 bits per heavy atom. The molecule has 2 aliphatic rings. The van der Waals surface area contributed by atoms with Gasteiger partial charge in [0.25, 0.3) is 5.91 Å². The minimum atomic E-state index is -0.732. The molecule has 0 spiro atoms. The third-order valence-corrected chi connectivity index (χ3v) is 6.38. The number of nitrogens with one attached hydrogen (secondary N) is 1. The number of nitriles is 1. The van der Waals surface area contributed by atoms with Crippen LogP contribution in [0.1, 0.15) is 48.5 Å². The van der Waals surface area contributed by atoms with Crippen molar-refractivity contribution in [2.75, 3.05) is 14.2 Å². The van der Waals surface area contributed by atoms with Crippen LogP contribution in [-0.2, 0) is 4.79 Å². The van der Waals surface area contributed by atoms with E-state index < -0.39 is 11.8 Å². The minimum absolute atomic E-state index is 0.0731. The first-order valence-electron chi connectivity index (χ1n) is 11.2. The summed E-state index contributed by atoms with van der Waals surface area (Å²) in [6, 6.07) is 16.1. The first kappa shape index (κ1) is 23.9. The zero-order valence-electron chi connectivity index (χ0n) is 20.2. The second kappa shape index (κ2) is 9.18. The van der Waals surface area contributed by atoms with Crippen molar-refractivity contribution in [2.24, 2.45) is 11.1 Å². The zero-order chi connectivity index (χ0) is 25.3. The van der Waals surface area contributed by atoms with Crippen molar-refractivity contribution in [1.82, 2.24) is 10.4 Å². The highest BCUT2D eigenvalue weighted by molar-refractivity contribution is 6.01. The van der Waals surface area contributed by atoms with Crippen LogP contribution in [0.3, 0.4) is 0 Å². The van der Waals surface area contributed by atoms with Gasteiger partial charge in [0.15, 0.2) is 5.78 Å². The van der Waals surface area contributed by atoms with E-state index in [4.69, 9.17) is 15.2 Å². The van der Waals surface area contributed by atoms with E-state index in [1.54, 1.807) is 49.6 Å². The summed E-state index contributed by atoms with van der Waals surface area (Å²) in [5, 5.41) is 11.6. The molecule has 2 aromatic carbocycles. The number of nitrogens with zero attached hydrogens (tertiary/aromatic N) is 2. The van der Waals surface area contributed by atoms with E-state index in [0.29, 0.717) is 46.7 Å². The number of ether oxygens (including phenoxy) is 2. The molecule has 0 saturated heterocycles. The largest absolute Gasteiger partial charge is 0.497 e. The summed E-state index contributed by atoms with van der Waals surface area (Å²) in [5.41, 5.74) is 11.2. The number of ketones is 1. The predicted octanol–water partition coefficient (Wildman–Crippen LogP) is 3.79. The lowest BCUT2D eigenvalue weighted by Crippen LogP contribution is -2.49. The Labute approximate surface area is 204 Å². The lowest BCUT2D eigenvalue weighted by Gasteiger charge is -2.43. The van der Waals surface area contributed by atoms with E-state index >= 15 is 0 Å². The number of rotatable bonds is 5. The molecule has 8 nitrogen and oxygen atoms in total. The zero-order valence-corrected chi connectivity index (χ0v) is 20.2. The van der Waals surface area contributed by atoms with Gasteiger partial charge in [0, 0.05) is 29.2 Å². The van der Waals surface area contributed by atoms with Crippen molar-refractivity contribution in [3.05, 3.63) is 82.3 Å². The van der Waals surface area contributed by atoms with Crippen molar-refractivity contribution in [2.45, 2.75) is 32.6 Å². The van der Waals surface area contributed by atoms with Crippen LogP contribution < -0.4 is 20.6 Å². The van der Waals surface area contributed by atoms with Gasteiger partial charge in [-0.05, 0) is 30.0 Å². The van der Waals surface area contributed by atoms with Gasteiger partial charge in [0.1, 0.15) is 17.3 Å². The Bertz CT molecular complexity index is 1290. The Kier molecular flexibility index (Phi) is 6.27. The van der Waals surface area contributed by atoms with Crippen LogP contribution in [-0.4, -0.2) is 30.9 Å². The van der Waals surface area contributed by atoms with Crippen molar-refractivity contribution in [3.63, 3.8) is 0 Å².